The van der Waals surface area contributed by atoms with Gasteiger partial charge in [0.25, 0.3) is 5.69 Å². The van der Waals surface area contributed by atoms with Crippen molar-refractivity contribution in [1.29, 1.82) is 0 Å². The van der Waals surface area contributed by atoms with Gasteiger partial charge in [0.15, 0.2) is 12.4 Å². The molecule has 2 N–H and O–H groups in total. The van der Waals surface area contributed by atoms with Crippen LogP contribution in [0.4, 0.5) is 5.69 Å². The van der Waals surface area contributed by atoms with Crippen LogP contribution in [-0.2, 0) is 6.54 Å². The Morgan fingerprint density at radius 2 is 1.78 bits per heavy atom. The third-order valence-corrected chi connectivity index (χ3v) is 3.78. The van der Waals surface area contributed by atoms with E-state index in [9.17, 15) is 14.9 Å². The number of nitro benzene ring substituents is 1. The highest BCUT2D eigenvalue weighted by molar-refractivity contribution is 9.11. The van der Waals surface area contributed by atoms with E-state index in [2.05, 4.69) is 31.9 Å². The molecule has 6 nitrogen and oxygen atoms in total. The summed E-state index contributed by atoms with van der Waals surface area (Å²) in [7, 11) is 0. The average Bonchev–Trinajstić information content (AvgIpc) is 2.37. The molecule has 0 unspecified atom stereocenters. The molecular formula is C14H13Br3N2O4. The van der Waals surface area contributed by atoms with E-state index in [0.29, 0.717) is 11.1 Å². The van der Waals surface area contributed by atoms with Crippen molar-refractivity contribution in [2.24, 2.45) is 0 Å². The lowest BCUT2D eigenvalue weighted by atomic mass is 10.1. The smallest absolute Gasteiger partial charge is 0.273 e. The van der Waals surface area contributed by atoms with E-state index in [-0.39, 0.29) is 40.5 Å². The summed E-state index contributed by atoms with van der Waals surface area (Å²) in [6, 6.07) is 6.38. The fourth-order valence-electron chi connectivity index (χ4n) is 1.89. The number of hydrogen-bond acceptors (Lipinski definition) is 3. The second kappa shape index (κ2) is 9.21. The zero-order chi connectivity index (χ0) is 15.6. The van der Waals surface area contributed by atoms with Gasteiger partial charge in [0.2, 0.25) is 12.3 Å². The molecule has 0 radical (unpaired) electrons. The van der Waals surface area contributed by atoms with Crippen LogP contribution < -0.4 is 21.5 Å². The number of nitrogens with zero attached hydrogens (tertiary/aromatic N) is 2. The standard InChI is InChI=1S/C14H11Br2N2O3.BrH.H2O/c1-9-2-3-10(4-13(9)18(20)21)14(19)8-17-6-11(15)5-12(16)7-17;;/h2-7H,8H2,1H3;1H;1H2/q+1;;/p-1. The second-order valence-corrected chi connectivity index (χ2v) is 6.36. The Labute approximate surface area is 160 Å². The van der Waals surface area contributed by atoms with Crippen LogP contribution in [0.1, 0.15) is 15.9 Å². The summed E-state index contributed by atoms with van der Waals surface area (Å²) >= 11 is 6.70. The van der Waals surface area contributed by atoms with Gasteiger partial charge in [-0.15, -0.1) is 0 Å². The number of carbonyl (C=O) groups excluding carboxylic acids is 1. The largest absolute Gasteiger partial charge is 1.00 e. The first-order chi connectivity index (χ1) is 9.86. The molecule has 124 valence electrons. The Balaban J connectivity index is 0.00000242. The quantitative estimate of drug-likeness (QED) is 0.245. The van der Waals surface area contributed by atoms with Gasteiger partial charge in [-0.2, -0.15) is 4.57 Å². The maximum absolute atomic E-state index is 12.2. The lowest BCUT2D eigenvalue weighted by Gasteiger charge is -2.02. The number of carbonyl (C=O) groups is 1. The monoisotopic (exact) mass is 510 g/mol. The maximum atomic E-state index is 12.2. The van der Waals surface area contributed by atoms with Gasteiger partial charge < -0.3 is 22.5 Å². The third-order valence-electron chi connectivity index (χ3n) is 2.91. The Hall–Kier alpha value is -1.16. The predicted molar refractivity (Wildman–Crippen MR) is 87.8 cm³/mol. The van der Waals surface area contributed by atoms with E-state index < -0.39 is 4.92 Å². The SMILES string of the molecule is Cc1ccc(C(=O)C[n+]2cc(Br)cc(Br)c2)cc1[N+](=O)[O-].O.[Br-]. The highest BCUT2D eigenvalue weighted by Gasteiger charge is 2.18. The molecule has 0 aliphatic carbocycles. The minimum atomic E-state index is -0.477. The van der Waals surface area contributed by atoms with Crippen LogP contribution in [0.25, 0.3) is 0 Å². The van der Waals surface area contributed by atoms with E-state index >= 15 is 0 Å². The van der Waals surface area contributed by atoms with E-state index in [1.165, 1.54) is 6.07 Å². The fraction of sp³-hybridized carbons (Fsp3) is 0.143. The summed E-state index contributed by atoms with van der Waals surface area (Å²) in [5, 5.41) is 10.9. The number of nitro groups is 1. The van der Waals surface area contributed by atoms with Crippen LogP contribution >= 0.6 is 31.9 Å². The number of pyridine rings is 1. The van der Waals surface area contributed by atoms with Gasteiger partial charge in [-0.25, -0.2) is 0 Å². The first-order valence-electron chi connectivity index (χ1n) is 6.00. The Morgan fingerprint density at radius 1 is 1.22 bits per heavy atom. The average molecular weight is 513 g/mol. The van der Waals surface area contributed by atoms with Crippen molar-refractivity contribution in [2.45, 2.75) is 13.5 Å². The van der Waals surface area contributed by atoms with Gasteiger partial charge in [0.05, 0.1) is 13.9 Å². The fourth-order valence-corrected chi connectivity index (χ4v) is 3.21. The Morgan fingerprint density at radius 3 is 2.30 bits per heavy atom. The van der Waals surface area contributed by atoms with Crippen LogP contribution in [0.5, 0.6) is 0 Å². The molecule has 0 saturated carbocycles. The van der Waals surface area contributed by atoms with E-state index in [1.54, 1.807) is 36.0 Å². The van der Waals surface area contributed by atoms with Crippen LogP contribution in [-0.4, -0.2) is 16.2 Å². The zero-order valence-electron chi connectivity index (χ0n) is 11.9. The molecule has 2 rings (SSSR count). The number of benzene rings is 1. The maximum Gasteiger partial charge on any atom is 0.273 e. The molecule has 0 spiro atoms. The second-order valence-electron chi connectivity index (χ2n) is 4.53. The number of ketones is 1. The van der Waals surface area contributed by atoms with Crippen LogP contribution in [0.2, 0.25) is 0 Å². The first kappa shape index (κ1) is 21.8. The van der Waals surface area contributed by atoms with Gasteiger partial charge in [-0.3, -0.25) is 14.9 Å². The van der Waals surface area contributed by atoms with Gasteiger partial charge in [0, 0.05) is 17.2 Å². The first-order valence-corrected chi connectivity index (χ1v) is 7.59. The summed E-state index contributed by atoms with van der Waals surface area (Å²) in [6.07, 6.45) is 3.54. The highest BCUT2D eigenvalue weighted by atomic mass is 79.9. The number of aryl methyl sites for hydroxylation is 1. The molecule has 1 aromatic heterocycles. The molecule has 1 aromatic carbocycles. The minimum absolute atomic E-state index is 0. The molecule has 0 amide bonds. The third kappa shape index (κ3) is 5.76. The summed E-state index contributed by atoms with van der Waals surface area (Å²) < 4.78 is 3.38. The zero-order valence-corrected chi connectivity index (χ0v) is 16.7. The number of aromatic nitrogens is 1. The summed E-state index contributed by atoms with van der Waals surface area (Å²) in [5.41, 5.74) is 0.826. The normalized spacial score (nSPS) is 9.52. The van der Waals surface area contributed by atoms with Crippen molar-refractivity contribution < 1.29 is 36.7 Å². The Kier molecular flexibility index (Phi) is 8.75. The van der Waals surface area contributed by atoms with Crippen molar-refractivity contribution in [2.75, 3.05) is 0 Å². The number of Topliss-reactive ketones (excluding diaryl/α,β-unsaturated/α-hetero) is 1. The summed E-state index contributed by atoms with van der Waals surface area (Å²) in [4.78, 5) is 22.7. The van der Waals surface area contributed by atoms with Crippen LogP contribution in [0.15, 0.2) is 45.6 Å². The molecule has 0 aliphatic heterocycles. The van der Waals surface area contributed by atoms with Crippen molar-refractivity contribution >= 4 is 43.3 Å². The molecule has 1 heterocycles. The van der Waals surface area contributed by atoms with Gasteiger partial charge in [-0.05, 0) is 44.8 Å². The number of halogens is 3. The molecule has 9 heteroatoms. The van der Waals surface area contributed by atoms with Gasteiger partial charge >= 0.3 is 0 Å². The van der Waals surface area contributed by atoms with Crippen LogP contribution in [0.3, 0.4) is 0 Å². The van der Waals surface area contributed by atoms with Crippen molar-refractivity contribution in [1.82, 2.24) is 0 Å². The lowest BCUT2D eigenvalue weighted by Crippen LogP contribution is -3.00. The number of rotatable bonds is 4. The molecular weight excluding hydrogens is 500 g/mol. The summed E-state index contributed by atoms with van der Waals surface area (Å²) in [5.74, 6) is -0.187. The lowest BCUT2D eigenvalue weighted by molar-refractivity contribution is -0.684. The molecule has 0 saturated heterocycles. The van der Waals surface area contributed by atoms with Crippen molar-refractivity contribution in [3.05, 3.63) is 66.8 Å². The Bertz CT molecular complexity index is 718. The van der Waals surface area contributed by atoms with E-state index in [1.807, 2.05) is 6.07 Å². The molecule has 0 atom stereocenters. The van der Waals surface area contributed by atoms with Crippen molar-refractivity contribution in [3.63, 3.8) is 0 Å². The van der Waals surface area contributed by atoms with Crippen LogP contribution in [0, 0.1) is 17.0 Å². The number of hydrogen-bond donors (Lipinski definition) is 0. The molecule has 23 heavy (non-hydrogen) atoms. The molecule has 0 bridgehead atoms. The molecule has 2 aromatic rings. The highest BCUT2D eigenvalue weighted by Crippen LogP contribution is 2.20. The minimum Gasteiger partial charge on any atom is -1.00 e. The van der Waals surface area contributed by atoms with E-state index in [4.69, 9.17) is 0 Å². The topological polar surface area (TPSA) is 95.6 Å². The van der Waals surface area contributed by atoms with Crippen molar-refractivity contribution in [3.8, 4) is 0 Å². The van der Waals surface area contributed by atoms with Gasteiger partial charge in [-0.1, -0.05) is 12.1 Å². The molecule has 0 aliphatic rings. The van der Waals surface area contributed by atoms with Gasteiger partial charge in [0.1, 0.15) is 0 Å². The predicted octanol–water partition coefficient (Wildman–Crippen LogP) is -0.222. The van der Waals surface area contributed by atoms with E-state index in [0.717, 1.165) is 8.95 Å². The molecule has 0 fully saturated rings. The summed E-state index contributed by atoms with van der Waals surface area (Å²) in [6.45, 7) is 1.75.